The van der Waals surface area contributed by atoms with Gasteiger partial charge in [0.1, 0.15) is 17.1 Å². The molecule has 0 spiro atoms. The second-order valence-corrected chi connectivity index (χ2v) is 7.50. The lowest BCUT2D eigenvalue weighted by atomic mass is 10.0. The molecule has 6 nitrogen and oxygen atoms in total. The molecule has 0 radical (unpaired) electrons. The molecule has 6 heteroatoms. The minimum atomic E-state index is -0.851. The molecule has 27 heavy (non-hydrogen) atoms. The second-order valence-electron chi connectivity index (χ2n) is 7.50. The number of benzene rings is 2. The standard InChI is InChI=1S/C21H27NO5/c1-13(2)10-22(11-14(3)4)19(24)12-27-21(26)17-9-18(23)15-7-5-6-8-16(15)20(17)25/h5-9,13-14,23,25H,10-12H2,1-4H3. The number of nitrogens with zero attached hydrogens (tertiary/aromatic N) is 1. The first-order valence-electron chi connectivity index (χ1n) is 9.09. The second kappa shape index (κ2) is 8.75. The number of phenolic OH excluding ortho intramolecular Hbond substituents is 2. The van der Waals surface area contributed by atoms with E-state index >= 15 is 0 Å². The lowest BCUT2D eigenvalue weighted by Crippen LogP contribution is -2.39. The molecule has 0 bridgehead atoms. The summed E-state index contributed by atoms with van der Waals surface area (Å²) < 4.78 is 5.12. The van der Waals surface area contributed by atoms with Crippen molar-refractivity contribution in [3.05, 3.63) is 35.9 Å². The van der Waals surface area contributed by atoms with Crippen molar-refractivity contribution in [2.75, 3.05) is 19.7 Å². The van der Waals surface area contributed by atoms with Gasteiger partial charge in [0.2, 0.25) is 0 Å². The van der Waals surface area contributed by atoms with Crippen LogP contribution in [0.25, 0.3) is 10.8 Å². The monoisotopic (exact) mass is 373 g/mol. The summed E-state index contributed by atoms with van der Waals surface area (Å²) in [5.41, 5.74) is -0.168. The molecule has 0 saturated heterocycles. The molecule has 0 unspecified atom stereocenters. The quantitative estimate of drug-likeness (QED) is 0.572. The molecular formula is C21H27NO5. The van der Waals surface area contributed by atoms with E-state index in [9.17, 15) is 19.8 Å². The van der Waals surface area contributed by atoms with E-state index in [1.165, 1.54) is 0 Å². The average Bonchev–Trinajstić information content (AvgIpc) is 2.61. The summed E-state index contributed by atoms with van der Waals surface area (Å²) >= 11 is 0. The number of hydrogen-bond donors (Lipinski definition) is 2. The van der Waals surface area contributed by atoms with Gasteiger partial charge in [-0.1, -0.05) is 52.0 Å². The molecule has 0 saturated carbocycles. The number of amides is 1. The summed E-state index contributed by atoms with van der Waals surface area (Å²) in [7, 11) is 0. The minimum absolute atomic E-state index is 0.136. The van der Waals surface area contributed by atoms with E-state index in [1.807, 2.05) is 27.7 Å². The number of hydrogen-bond acceptors (Lipinski definition) is 5. The molecule has 0 aliphatic rings. The van der Waals surface area contributed by atoms with Crippen molar-refractivity contribution in [3.8, 4) is 11.5 Å². The van der Waals surface area contributed by atoms with Gasteiger partial charge < -0.3 is 19.8 Å². The van der Waals surface area contributed by atoms with Gasteiger partial charge in [-0.3, -0.25) is 4.79 Å². The fourth-order valence-electron chi connectivity index (χ4n) is 2.95. The summed E-state index contributed by atoms with van der Waals surface area (Å²) in [6.07, 6.45) is 0. The van der Waals surface area contributed by atoms with Crippen LogP contribution in [-0.4, -0.2) is 46.7 Å². The maximum Gasteiger partial charge on any atom is 0.342 e. The summed E-state index contributed by atoms with van der Waals surface area (Å²) in [5.74, 6) is -0.953. The largest absolute Gasteiger partial charge is 0.507 e. The lowest BCUT2D eigenvalue weighted by Gasteiger charge is -2.26. The molecule has 0 heterocycles. The molecule has 0 aliphatic carbocycles. The zero-order valence-electron chi connectivity index (χ0n) is 16.2. The van der Waals surface area contributed by atoms with Gasteiger partial charge in [-0.15, -0.1) is 0 Å². The molecule has 0 atom stereocenters. The predicted octanol–water partition coefficient (Wildman–Crippen LogP) is 3.55. The summed E-state index contributed by atoms with van der Waals surface area (Å²) in [6, 6.07) is 7.80. The van der Waals surface area contributed by atoms with Gasteiger partial charge >= 0.3 is 5.97 Å². The maximum atomic E-state index is 12.5. The molecular weight excluding hydrogens is 346 g/mol. The fraction of sp³-hybridized carbons (Fsp3) is 0.429. The van der Waals surface area contributed by atoms with Crippen LogP contribution in [0, 0.1) is 11.8 Å². The van der Waals surface area contributed by atoms with Crippen molar-refractivity contribution < 1.29 is 24.5 Å². The Balaban J connectivity index is 2.14. The van der Waals surface area contributed by atoms with Gasteiger partial charge in [0.15, 0.2) is 6.61 Å². The van der Waals surface area contributed by atoms with Crippen molar-refractivity contribution in [1.29, 1.82) is 0 Å². The Morgan fingerprint density at radius 2 is 1.56 bits per heavy atom. The van der Waals surface area contributed by atoms with Crippen LogP contribution < -0.4 is 0 Å². The van der Waals surface area contributed by atoms with Crippen LogP contribution in [0.3, 0.4) is 0 Å². The van der Waals surface area contributed by atoms with E-state index in [4.69, 9.17) is 4.74 Å². The van der Waals surface area contributed by atoms with E-state index in [-0.39, 0.29) is 23.0 Å². The Morgan fingerprint density at radius 3 is 2.11 bits per heavy atom. The van der Waals surface area contributed by atoms with E-state index < -0.39 is 12.6 Å². The van der Waals surface area contributed by atoms with Gasteiger partial charge in [-0.25, -0.2) is 4.79 Å². The van der Waals surface area contributed by atoms with Crippen LogP contribution in [-0.2, 0) is 9.53 Å². The third-order valence-electron chi connectivity index (χ3n) is 4.06. The molecule has 2 aromatic rings. The van der Waals surface area contributed by atoms with E-state index in [1.54, 1.807) is 29.2 Å². The molecule has 0 aliphatic heterocycles. The Kier molecular flexibility index (Phi) is 6.66. The van der Waals surface area contributed by atoms with Crippen LogP contribution >= 0.6 is 0 Å². The number of fused-ring (bicyclic) bond motifs is 1. The third-order valence-corrected chi connectivity index (χ3v) is 4.06. The van der Waals surface area contributed by atoms with Crippen molar-refractivity contribution in [2.45, 2.75) is 27.7 Å². The van der Waals surface area contributed by atoms with Crippen molar-refractivity contribution in [2.24, 2.45) is 11.8 Å². The zero-order valence-corrected chi connectivity index (χ0v) is 16.2. The Morgan fingerprint density at radius 1 is 1.00 bits per heavy atom. The van der Waals surface area contributed by atoms with E-state index in [0.717, 1.165) is 6.07 Å². The Bertz CT molecular complexity index is 819. The predicted molar refractivity (Wildman–Crippen MR) is 104 cm³/mol. The molecule has 2 aromatic carbocycles. The van der Waals surface area contributed by atoms with Crippen molar-refractivity contribution >= 4 is 22.6 Å². The highest BCUT2D eigenvalue weighted by molar-refractivity contribution is 6.04. The van der Waals surface area contributed by atoms with Crippen LogP contribution in [0.5, 0.6) is 11.5 Å². The van der Waals surface area contributed by atoms with E-state index in [2.05, 4.69) is 0 Å². The number of carbonyl (C=O) groups excluding carboxylic acids is 2. The molecule has 0 fully saturated rings. The topological polar surface area (TPSA) is 87.1 Å². The number of carbonyl (C=O) groups is 2. The number of phenols is 2. The van der Waals surface area contributed by atoms with Gasteiger partial charge in [0.25, 0.3) is 5.91 Å². The van der Waals surface area contributed by atoms with Gasteiger partial charge in [-0.05, 0) is 17.9 Å². The Labute approximate surface area is 159 Å². The van der Waals surface area contributed by atoms with Gasteiger partial charge in [0.05, 0.1) is 0 Å². The minimum Gasteiger partial charge on any atom is -0.507 e. The first-order valence-corrected chi connectivity index (χ1v) is 9.09. The highest BCUT2D eigenvalue weighted by Crippen LogP contribution is 2.35. The molecule has 146 valence electrons. The molecule has 1 amide bonds. The van der Waals surface area contributed by atoms with Crippen LogP contribution in [0.15, 0.2) is 30.3 Å². The van der Waals surface area contributed by atoms with Crippen LogP contribution in [0.2, 0.25) is 0 Å². The summed E-state index contributed by atoms with van der Waals surface area (Å²) in [4.78, 5) is 26.5. The molecule has 0 aromatic heterocycles. The fourth-order valence-corrected chi connectivity index (χ4v) is 2.95. The van der Waals surface area contributed by atoms with Gasteiger partial charge in [-0.2, -0.15) is 0 Å². The lowest BCUT2D eigenvalue weighted by molar-refractivity contribution is -0.135. The number of aromatic hydroxyl groups is 2. The summed E-state index contributed by atoms with van der Waals surface area (Å²) in [6.45, 7) is 8.81. The first-order chi connectivity index (χ1) is 12.7. The maximum absolute atomic E-state index is 12.5. The van der Waals surface area contributed by atoms with Crippen LogP contribution in [0.4, 0.5) is 0 Å². The SMILES string of the molecule is CC(C)CN(CC(C)C)C(=O)COC(=O)c1cc(O)c2ccccc2c1O. The Hall–Kier alpha value is -2.76. The molecule has 2 N–H and O–H groups in total. The van der Waals surface area contributed by atoms with Crippen molar-refractivity contribution in [3.63, 3.8) is 0 Å². The zero-order chi connectivity index (χ0) is 20.1. The van der Waals surface area contributed by atoms with Gasteiger partial charge in [0, 0.05) is 23.9 Å². The third kappa shape index (κ3) is 5.12. The highest BCUT2D eigenvalue weighted by Gasteiger charge is 2.21. The van der Waals surface area contributed by atoms with Crippen molar-refractivity contribution in [1.82, 2.24) is 4.90 Å². The number of esters is 1. The normalized spacial score (nSPS) is 11.2. The first kappa shape index (κ1) is 20.6. The van der Waals surface area contributed by atoms with E-state index in [0.29, 0.717) is 35.7 Å². The number of ether oxygens (including phenoxy) is 1. The number of rotatable bonds is 7. The average molecular weight is 373 g/mol. The van der Waals surface area contributed by atoms with Crippen LogP contribution in [0.1, 0.15) is 38.1 Å². The highest BCUT2D eigenvalue weighted by atomic mass is 16.5. The smallest absolute Gasteiger partial charge is 0.342 e. The molecule has 2 rings (SSSR count). The summed E-state index contributed by atoms with van der Waals surface area (Å²) in [5, 5.41) is 21.2.